The zero-order chi connectivity index (χ0) is 34.4. The van der Waals surface area contributed by atoms with Gasteiger partial charge in [0.1, 0.15) is 19.2 Å². The monoisotopic (exact) mass is 665 g/mol. The molecule has 0 amide bonds. The molecule has 0 heterocycles. The van der Waals surface area contributed by atoms with E-state index >= 15 is 0 Å². The summed E-state index contributed by atoms with van der Waals surface area (Å²) < 4.78 is 13.2. The molecule has 0 bridgehead atoms. The first kappa shape index (κ1) is 46.3. The van der Waals surface area contributed by atoms with E-state index in [1.807, 2.05) is 0 Å². The van der Waals surface area contributed by atoms with E-state index in [0.29, 0.717) is 6.61 Å². The molecule has 0 saturated heterocycles. The standard InChI is InChI=1S/C43H86NO3/c1-5-7-9-11-13-15-17-19-21-23-25-27-29-31-33-35-39-46-42-43(41-44(3,4)37-38-45)47-40-36-34-32-30-28-26-24-22-20-18-16-14-12-10-8-6-2/h19-22,43,45H,5-18,23-42H2,1-4H3/q+1. The summed E-state index contributed by atoms with van der Waals surface area (Å²) in [6, 6.07) is 0. The maximum absolute atomic E-state index is 9.49. The second-order valence-electron chi connectivity index (χ2n) is 15.0. The molecule has 0 spiro atoms. The lowest BCUT2D eigenvalue weighted by atomic mass is 10.1. The van der Waals surface area contributed by atoms with Gasteiger partial charge in [-0.05, 0) is 64.2 Å². The minimum Gasteiger partial charge on any atom is -0.391 e. The molecule has 0 aromatic carbocycles. The number of unbranched alkanes of at least 4 members (excludes halogenated alkanes) is 24. The van der Waals surface area contributed by atoms with Crippen LogP contribution in [0.1, 0.15) is 194 Å². The third-order valence-electron chi connectivity index (χ3n) is 9.52. The van der Waals surface area contributed by atoms with Crippen LogP contribution < -0.4 is 0 Å². The Morgan fingerprint density at radius 2 is 0.851 bits per heavy atom. The van der Waals surface area contributed by atoms with Crippen LogP contribution >= 0.6 is 0 Å². The number of aliphatic hydroxyl groups is 1. The van der Waals surface area contributed by atoms with Gasteiger partial charge in [0.2, 0.25) is 0 Å². The number of rotatable bonds is 39. The number of nitrogens with zero attached hydrogens (tertiary/aromatic N) is 1. The highest BCUT2D eigenvalue weighted by molar-refractivity contribution is 4.82. The number of hydrogen-bond acceptors (Lipinski definition) is 3. The maximum Gasteiger partial charge on any atom is 0.130 e. The second-order valence-corrected chi connectivity index (χ2v) is 15.0. The topological polar surface area (TPSA) is 38.7 Å². The third-order valence-corrected chi connectivity index (χ3v) is 9.52. The van der Waals surface area contributed by atoms with Crippen molar-refractivity contribution in [1.82, 2.24) is 0 Å². The molecule has 1 N–H and O–H groups in total. The lowest BCUT2D eigenvalue weighted by Gasteiger charge is -2.32. The van der Waals surface area contributed by atoms with Crippen LogP contribution in [0.4, 0.5) is 0 Å². The van der Waals surface area contributed by atoms with Crippen molar-refractivity contribution in [3.05, 3.63) is 24.3 Å². The number of aliphatic hydroxyl groups excluding tert-OH is 1. The number of likely N-dealkylation sites (N-methyl/N-ethyl adjacent to an activating group) is 1. The van der Waals surface area contributed by atoms with Gasteiger partial charge in [-0.3, -0.25) is 0 Å². The van der Waals surface area contributed by atoms with Gasteiger partial charge in [-0.2, -0.15) is 0 Å². The number of quaternary nitrogens is 1. The lowest BCUT2D eigenvalue weighted by molar-refractivity contribution is -0.893. The summed E-state index contributed by atoms with van der Waals surface area (Å²) in [5, 5.41) is 9.49. The molecule has 0 radical (unpaired) electrons. The molecule has 0 aromatic rings. The van der Waals surface area contributed by atoms with E-state index in [1.54, 1.807) is 0 Å². The second kappa shape index (κ2) is 38.1. The van der Waals surface area contributed by atoms with Crippen LogP contribution in [0, 0.1) is 0 Å². The summed E-state index contributed by atoms with van der Waals surface area (Å²) in [5.41, 5.74) is 0. The van der Waals surface area contributed by atoms with Crippen molar-refractivity contribution < 1.29 is 19.1 Å². The van der Waals surface area contributed by atoms with Crippen LogP contribution in [-0.4, -0.2) is 69.3 Å². The van der Waals surface area contributed by atoms with Crippen molar-refractivity contribution in [2.45, 2.75) is 200 Å². The van der Waals surface area contributed by atoms with Gasteiger partial charge < -0.3 is 19.1 Å². The molecule has 0 aromatic heterocycles. The Labute approximate surface area is 296 Å². The molecule has 1 atom stereocenters. The molecule has 280 valence electrons. The van der Waals surface area contributed by atoms with Gasteiger partial charge in [0, 0.05) is 13.2 Å². The molecule has 1 unspecified atom stereocenters. The highest BCUT2D eigenvalue weighted by Crippen LogP contribution is 2.13. The zero-order valence-corrected chi connectivity index (χ0v) is 32.6. The van der Waals surface area contributed by atoms with Crippen molar-refractivity contribution in [1.29, 1.82) is 0 Å². The van der Waals surface area contributed by atoms with Gasteiger partial charge in [0.15, 0.2) is 0 Å². The van der Waals surface area contributed by atoms with Gasteiger partial charge in [-0.15, -0.1) is 0 Å². The summed E-state index contributed by atoms with van der Waals surface area (Å²) in [4.78, 5) is 0. The van der Waals surface area contributed by atoms with Crippen molar-refractivity contribution in [2.24, 2.45) is 0 Å². The molecule has 4 nitrogen and oxygen atoms in total. The SMILES string of the molecule is CCCCCCCCC=CCCCCCCCCOCC(C[N+](C)(C)CCO)OCCCCCCCCC=CCCCCCCCC. The molecular formula is C43H86NO3+. The number of ether oxygens (including phenoxy) is 2. The van der Waals surface area contributed by atoms with Crippen LogP contribution in [0.25, 0.3) is 0 Å². The lowest BCUT2D eigenvalue weighted by Crippen LogP contribution is -2.49. The fourth-order valence-corrected chi connectivity index (χ4v) is 6.33. The van der Waals surface area contributed by atoms with Crippen LogP contribution in [0.5, 0.6) is 0 Å². The molecule has 0 aliphatic rings. The Balaban J connectivity index is 3.80. The van der Waals surface area contributed by atoms with Crippen LogP contribution in [0.3, 0.4) is 0 Å². The summed E-state index contributed by atoms with van der Waals surface area (Å²) in [6.07, 6.45) is 47.0. The zero-order valence-electron chi connectivity index (χ0n) is 32.6. The van der Waals surface area contributed by atoms with Crippen molar-refractivity contribution in [3.63, 3.8) is 0 Å². The summed E-state index contributed by atoms with van der Waals surface area (Å²) in [7, 11) is 4.36. The molecule has 47 heavy (non-hydrogen) atoms. The normalized spacial score (nSPS) is 13.0. The van der Waals surface area contributed by atoms with Gasteiger partial charge in [-0.1, -0.05) is 154 Å². The van der Waals surface area contributed by atoms with Crippen LogP contribution in [-0.2, 0) is 9.47 Å². The van der Waals surface area contributed by atoms with E-state index in [1.165, 1.54) is 167 Å². The minimum absolute atomic E-state index is 0.105. The van der Waals surface area contributed by atoms with Crippen LogP contribution in [0.15, 0.2) is 24.3 Å². The molecule has 0 saturated carbocycles. The fraction of sp³-hybridized carbons (Fsp3) is 0.907. The molecule has 4 heteroatoms. The summed E-state index contributed by atoms with van der Waals surface area (Å²) >= 11 is 0. The summed E-state index contributed by atoms with van der Waals surface area (Å²) in [6.45, 7) is 8.76. The Hall–Kier alpha value is -0.680. The average Bonchev–Trinajstić information content (AvgIpc) is 3.05. The molecule has 0 aliphatic carbocycles. The Kier molecular flexibility index (Phi) is 37.6. The molecule has 0 fully saturated rings. The maximum atomic E-state index is 9.49. The first-order valence-corrected chi connectivity index (χ1v) is 21.0. The van der Waals surface area contributed by atoms with E-state index in [0.717, 1.165) is 43.6 Å². The van der Waals surface area contributed by atoms with Crippen molar-refractivity contribution in [2.75, 3.05) is 53.6 Å². The van der Waals surface area contributed by atoms with E-state index in [9.17, 15) is 5.11 Å². The quantitative estimate of drug-likeness (QED) is 0.0404. The number of allylic oxidation sites excluding steroid dienone is 4. The van der Waals surface area contributed by atoms with Gasteiger partial charge in [0.05, 0.1) is 27.3 Å². The van der Waals surface area contributed by atoms with E-state index in [4.69, 9.17) is 9.47 Å². The smallest absolute Gasteiger partial charge is 0.130 e. The van der Waals surface area contributed by atoms with Crippen molar-refractivity contribution >= 4 is 0 Å². The van der Waals surface area contributed by atoms with Gasteiger partial charge in [-0.25, -0.2) is 0 Å². The third kappa shape index (κ3) is 38.0. The average molecular weight is 665 g/mol. The molecular weight excluding hydrogens is 578 g/mol. The van der Waals surface area contributed by atoms with E-state index in [-0.39, 0.29) is 12.7 Å². The minimum atomic E-state index is 0.105. The predicted molar refractivity (Wildman–Crippen MR) is 208 cm³/mol. The Morgan fingerprint density at radius 1 is 0.489 bits per heavy atom. The van der Waals surface area contributed by atoms with E-state index < -0.39 is 0 Å². The first-order chi connectivity index (χ1) is 23.1. The van der Waals surface area contributed by atoms with Crippen molar-refractivity contribution in [3.8, 4) is 0 Å². The van der Waals surface area contributed by atoms with Gasteiger partial charge in [0.25, 0.3) is 0 Å². The largest absolute Gasteiger partial charge is 0.391 e. The van der Waals surface area contributed by atoms with Gasteiger partial charge >= 0.3 is 0 Å². The Bertz CT molecular complexity index is 647. The van der Waals surface area contributed by atoms with E-state index in [2.05, 4.69) is 52.2 Å². The number of hydrogen-bond donors (Lipinski definition) is 1. The highest BCUT2D eigenvalue weighted by Gasteiger charge is 2.22. The first-order valence-electron chi connectivity index (χ1n) is 21.0. The van der Waals surface area contributed by atoms with Crippen LogP contribution in [0.2, 0.25) is 0 Å². The fourth-order valence-electron chi connectivity index (χ4n) is 6.33. The Morgan fingerprint density at radius 3 is 1.26 bits per heavy atom. The predicted octanol–water partition coefficient (Wildman–Crippen LogP) is 12.5. The molecule has 0 aliphatic heterocycles. The highest BCUT2D eigenvalue weighted by atomic mass is 16.5. The molecule has 0 rings (SSSR count). The summed E-state index contributed by atoms with van der Waals surface area (Å²) in [5.74, 6) is 0.